The number of anilines is 1. The fourth-order valence-electron chi connectivity index (χ4n) is 2.44. The average molecular weight is 381 g/mol. The number of aromatic nitrogens is 2. The van der Waals surface area contributed by atoms with Gasteiger partial charge < -0.3 is 9.88 Å². The van der Waals surface area contributed by atoms with Crippen LogP contribution in [0.3, 0.4) is 0 Å². The molecule has 0 spiro atoms. The van der Waals surface area contributed by atoms with Gasteiger partial charge in [0, 0.05) is 42.1 Å². The Morgan fingerprint density at radius 3 is 2.92 bits per heavy atom. The van der Waals surface area contributed by atoms with Gasteiger partial charge in [-0.2, -0.15) is 0 Å². The highest BCUT2D eigenvalue weighted by Gasteiger charge is 2.24. The first-order valence-corrected chi connectivity index (χ1v) is 10.0. The second-order valence-corrected chi connectivity index (χ2v) is 8.67. The molecule has 9 heteroatoms. The minimum atomic E-state index is -3.20. The van der Waals surface area contributed by atoms with Crippen LogP contribution in [0.4, 0.5) is 10.1 Å². The number of hydrogen-bond acceptors (Lipinski definition) is 5. The molecule has 0 saturated heterocycles. The van der Waals surface area contributed by atoms with Crippen LogP contribution in [-0.2, 0) is 21.7 Å². The van der Waals surface area contributed by atoms with Gasteiger partial charge in [0.25, 0.3) is 0 Å². The maximum absolute atomic E-state index is 13.6. The number of aryl methyl sites for hydroxylation is 1. The zero-order valence-corrected chi connectivity index (χ0v) is 15.0. The molecule has 0 bridgehead atoms. The minimum Gasteiger partial charge on any atom is -0.329 e. The summed E-state index contributed by atoms with van der Waals surface area (Å²) >= 11 is 1.30. The number of amides is 1. The topological polar surface area (TPSA) is 81.1 Å². The van der Waals surface area contributed by atoms with Crippen molar-refractivity contribution in [1.29, 1.82) is 0 Å². The minimum absolute atomic E-state index is 0.0265. The molecule has 3 rings (SSSR count). The van der Waals surface area contributed by atoms with Crippen LogP contribution in [0, 0.1) is 11.7 Å². The molecule has 6 nitrogen and oxygen atoms in total. The lowest BCUT2D eigenvalue weighted by molar-refractivity contribution is -0.116. The van der Waals surface area contributed by atoms with E-state index in [4.69, 9.17) is 0 Å². The number of carbonyl (C=O) groups is 1. The Morgan fingerprint density at radius 1 is 1.48 bits per heavy atom. The summed E-state index contributed by atoms with van der Waals surface area (Å²) in [6.45, 7) is 0. The van der Waals surface area contributed by atoms with Crippen LogP contribution in [0.15, 0.2) is 52.1 Å². The quantitative estimate of drug-likeness (QED) is 0.861. The van der Waals surface area contributed by atoms with E-state index in [1.54, 1.807) is 18.5 Å². The molecule has 132 valence electrons. The normalized spacial score (nSPS) is 18.4. The van der Waals surface area contributed by atoms with Crippen molar-refractivity contribution in [2.45, 2.75) is 16.5 Å². The van der Waals surface area contributed by atoms with Gasteiger partial charge in [-0.3, -0.25) is 4.79 Å². The summed E-state index contributed by atoms with van der Waals surface area (Å²) in [6.07, 6.45) is 4.98. The van der Waals surface area contributed by atoms with Crippen molar-refractivity contribution in [1.82, 2.24) is 9.55 Å². The fraction of sp³-hybridized carbons (Fsp3) is 0.250. The maximum atomic E-state index is 13.6. The van der Waals surface area contributed by atoms with Gasteiger partial charge in [-0.25, -0.2) is 17.8 Å². The lowest BCUT2D eigenvalue weighted by atomic mass is 10.1. The van der Waals surface area contributed by atoms with Crippen LogP contribution in [0.25, 0.3) is 0 Å². The van der Waals surface area contributed by atoms with E-state index in [1.165, 1.54) is 30.0 Å². The molecule has 1 aromatic carbocycles. The molecule has 1 aromatic heterocycles. The Balaban J connectivity index is 1.73. The summed E-state index contributed by atoms with van der Waals surface area (Å²) in [5.74, 6) is -1.26. The number of allylic oxidation sites excluding steroid dienone is 1. The van der Waals surface area contributed by atoms with E-state index in [0.717, 1.165) is 5.41 Å². The number of halogens is 1. The molecular weight excluding hydrogens is 365 g/mol. The second kappa shape index (κ2) is 7.01. The van der Waals surface area contributed by atoms with Crippen molar-refractivity contribution in [3.05, 3.63) is 47.9 Å². The Labute approximate surface area is 149 Å². The van der Waals surface area contributed by atoms with E-state index in [2.05, 4.69) is 10.3 Å². The molecule has 0 aliphatic carbocycles. The Bertz CT molecular complexity index is 938. The van der Waals surface area contributed by atoms with Gasteiger partial charge in [-0.05, 0) is 30.0 Å². The van der Waals surface area contributed by atoms with Gasteiger partial charge >= 0.3 is 0 Å². The maximum Gasteiger partial charge on any atom is 0.225 e. The highest BCUT2D eigenvalue weighted by atomic mass is 32.2. The molecule has 2 aromatic rings. The van der Waals surface area contributed by atoms with Crippen molar-refractivity contribution in [2.75, 3.05) is 11.1 Å². The predicted molar refractivity (Wildman–Crippen MR) is 93.4 cm³/mol. The first-order chi connectivity index (χ1) is 11.8. The number of imidazole rings is 1. The third kappa shape index (κ3) is 4.49. The Kier molecular flexibility index (Phi) is 4.96. The van der Waals surface area contributed by atoms with Crippen LogP contribution in [0.1, 0.15) is 6.42 Å². The van der Waals surface area contributed by atoms with Gasteiger partial charge in [-0.15, -0.1) is 0 Å². The monoisotopic (exact) mass is 381 g/mol. The van der Waals surface area contributed by atoms with E-state index in [1.807, 2.05) is 11.6 Å². The predicted octanol–water partition coefficient (Wildman–Crippen LogP) is 2.60. The molecule has 0 fully saturated rings. The van der Waals surface area contributed by atoms with Crippen molar-refractivity contribution < 1.29 is 17.6 Å². The highest BCUT2D eigenvalue weighted by molar-refractivity contribution is 7.99. The number of benzene rings is 1. The largest absolute Gasteiger partial charge is 0.329 e. The molecule has 1 N–H and O–H groups in total. The lowest BCUT2D eigenvalue weighted by Gasteiger charge is -2.12. The Morgan fingerprint density at radius 2 is 2.28 bits per heavy atom. The van der Waals surface area contributed by atoms with Gasteiger partial charge in [0.15, 0.2) is 15.0 Å². The smallest absolute Gasteiger partial charge is 0.225 e. The zero-order valence-electron chi connectivity index (χ0n) is 13.3. The number of sulfone groups is 1. The average Bonchev–Trinajstić information content (AvgIpc) is 3.07. The van der Waals surface area contributed by atoms with Crippen LogP contribution in [0.2, 0.25) is 0 Å². The molecule has 0 saturated carbocycles. The molecule has 1 aliphatic heterocycles. The van der Waals surface area contributed by atoms with Crippen LogP contribution in [0.5, 0.6) is 0 Å². The highest BCUT2D eigenvalue weighted by Crippen LogP contribution is 2.33. The summed E-state index contributed by atoms with van der Waals surface area (Å²) < 4.78 is 38.2. The molecule has 1 atom stereocenters. The van der Waals surface area contributed by atoms with Crippen LogP contribution in [-0.4, -0.2) is 29.6 Å². The molecule has 1 amide bonds. The number of rotatable bonds is 5. The summed E-state index contributed by atoms with van der Waals surface area (Å²) in [4.78, 5) is 17.1. The number of nitrogens with one attached hydrogen (secondary N) is 1. The number of hydrogen-bond donors (Lipinski definition) is 1. The Hall–Kier alpha value is -2.13. The van der Waals surface area contributed by atoms with Crippen molar-refractivity contribution in [3.8, 4) is 0 Å². The SMILES string of the molecule is Cn1ccnc1Sc1ccc(F)cc1NC(=O)CC1C=CS(=O)(=O)C1. The molecule has 1 unspecified atom stereocenters. The molecule has 0 radical (unpaired) electrons. The molecular formula is C16H16FN3O3S2. The molecule has 25 heavy (non-hydrogen) atoms. The summed E-state index contributed by atoms with van der Waals surface area (Å²) in [5.41, 5.74) is 0.336. The first kappa shape index (κ1) is 17.7. The first-order valence-electron chi connectivity index (χ1n) is 7.48. The third-order valence-corrected chi connectivity index (χ3v) is 6.26. The van der Waals surface area contributed by atoms with Gasteiger partial charge in [-0.1, -0.05) is 6.08 Å². The van der Waals surface area contributed by atoms with Crippen molar-refractivity contribution in [2.24, 2.45) is 13.0 Å². The molecule has 2 heterocycles. The third-order valence-electron chi connectivity index (χ3n) is 3.65. The van der Waals surface area contributed by atoms with Gasteiger partial charge in [0.2, 0.25) is 5.91 Å². The lowest BCUT2D eigenvalue weighted by Crippen LogP contribution is -2.18. The van der Waals surface area contributed by atoms with Gasteiger partial charge in [0.1, 0.15) is 5.82 Å². The van der Waals surface area contributed by atoms with Crippen molar-refractivity contribution in [3.63, 3.8) is 0 Å². The number of carbonyl (C=O) groups excluding carboxylic acids is 1. The molecule has 1 aliphatic rings. The van der Waals surface area contributed by atoms with Crippen LogP contribution >= 0.6 is 11.8 Å². The van der Waals surface area contributed by atoms with E-state index in [0.29, 0.717) is 15.7 Å². The van der Waals surface area contributed by atoms with Gasteiger partial charge in [0.05, 0.1) is 11.4 Å². The summed E-state index contributed by atoms with van der Waals surface area (Å²) in [5, 5.41) is 4.51. The summed E-state index contributed by atoms with van der Waals surface area (Å²) in [7, 11) is -1.37. The van der Waals surface area contributed by atoms with E-state index < -0.39 is 15.7 Å². The van der Waals surface area contributed by atoms with E-state index in [9.17, 15) is 17.6 Å². The van der Waals surface area contributed by atoms with E-state index >= 15 is 0 Å². The fourth-order valence-corrected chi connectivity index (χ4v) is 4.71. The second-order valence-electron chi connectivity index (χ2n) is 5.73. The number of nitrogens with zero attached hydrogens (tertiary/aromatic N) is 2. The van der Waals surface area contributed by atoms with Crippen molar-refractivity contribution >= 4 is 33.2 Å². The zero-order chi connectivity index (χ0) is 18.0. The van der Waals surface area contributed by atoms with E-state index in [-0.39, 0.29) is 24.0 Å². The standard InChI is InChI=1S/C16H16FN3O3S2/c1-20-6-5-18-16(20)24-14-3-2-12(17)9-13(14)19-15(21)8-11-4-7-25(22,23)10-11/h2-7,9,11H,8,10H2,1H3,(H,19,21). The summed E-state index contributed by atoms with van der Waals surface area (Å²) in [6, 6.07) is 4.13. The van der Waals surface area contributed by atoms with Crippen LogP contribution < -0.4 is 5.32 Å².